The normalized spacial score (nSPS) is 10.7. The van der Waals surface area contributed by atoms with Gasteiger partial charge in [0.15, 0.2) is 0 Å². The third kappa shape index (κ3) is 4.68. The fourth-order valence-electron chi connectivity index (χ4n) is 1.28. The Morgan fingerprint density at radius 2 is 1.78 bits per heavy atom. The van der Waals surface area contributed by atoms with Crippen molar-refractivity contribution in [1.82, 2.24) is 4.57 Å². The van der Waals surface area contributed by atoms with E-state index in [-0.39, 0.29) is 4.90 Å². The Balaban J connectivity index is 0.000000199. The summed E-state index contributed by atoms with van der Waals surface area (Å²) in [6, 6.07) is 5.78. The van der Waals surface area contributed by atoms with Crippen molar-refractivity contribution in [3.8, 4) is 0 Å². The maximum atomic E-state index is 10.4. The fraction of sp³-hybridized carbons (Fsp3) is 0.250. The molecule has 0 saturated carbocycles. The van der Waals surface area contributed by atoms with E-state index in [4.69, 9.17) is 0 Å². The van der Waals surface area contributed by atoms with Crippen molar-refractivity contribution in [2.45, 2.75) is 11.8 Å². The first kappa shape index (κ1) is 14.4. The van der Waals surface area contributed by atoms with Gasteiger partial charge in [0, 0.05) is 0 Å². The summed E-state index contributed by atoms with van der Waals surface area (Å²) in [5, 5.41) is 0. The van der Waals surface area contributed by atoms with Gasteiger partial charge in [-0.15, -0.1) is 0 Å². The second-order valence-electron chi connectivity index (χ2n) is 4.01. The lowest BCUT2D eigenvalue weighted by molar-refractivity contribution is -0.670. The van der Waals surface area contributed by atoms with E-state index in [1.807, 2.05) is 48.9 Å². The summed E-state index contributed by atoms with van der Waals surface area (Å²) in [5.74, 6) is 0. The van der Waals surface area contributed by atoms with E-state index in [1.54, 1.807) is 12.1 Å². The zero-order valence-electron chi connectivity index (χ0n) is 10.6. The number of imidazole rings is 1. The molecule has 0 aliphatic heterocycles. The molecule has 0 aliphatic rings. The van der Waals surface area contributed by atoms with Crippen LogP contribution >= 0.6 is 0 Å². The molecule has 0 atom stereocenters. The van der Waals surface area contributed by atoms with Crippen molar-refractivity contribution in [2.24, 2.45) is 14.1 Å². The van der Waals surface area contributed by atoms with Gasteiger partial charge in [0.2, 0.25) is 6.33 Å². The summed E-state index contributed by atoms with van der Waals surface area (Å²) >= 11 is 0. The Bertz CT molecular complexity index is 584. The molecule has 18 heavy (non-hydrogen) atoms. The lowest BCUT2D eigenvalue weighted by Crippen LogP contribution is -2.23. The van der Waals surface area contributed by atoms with Crippen LogP contribution in [0.2, 0.25) is 0 Å². The summed E-state index contributed by atoms with van der Waals surface area (Å²) in [7, 11) is -0.270. The fourth-order valence-corrected chi connectivity index (χ4v) is 1.75. The van der Waals surface area contributed by atoms with Crippen LogP contribution in [-0.2, 0) is 24.2 Å². The third-order valence-electron chi connectivity index (χ3n) is 2.21. The van der Waals surface area contributed by atoms with Crippen LogP contribution in [0.5, 0.6) is 0 Å². The van der Waals surface area contributed by atoms with Crippen LogP contribution in [0, 0.1) is 6.92 Å². The molecular formula is C12H16N2O3S. The van der Waals surface area contributed by atoms with Crippen molar-refractivity contribution in [1.29, 1.82) is 0 Å². The molecule has 1 aromatic heterocycles. The number of hydrogen-bond acceptors (Lipinski definition) is 3. The quantitative estimate of drug-likeness (QED) is 0.566. The lowest BCUT2D eigenvalue weighted by atomic mass is 10.2. The molecule has 0 N–H and O–H groups in total. The predicted molar refractivity (Wildman–Crippen MR) is 65.7 cm³/mol. The molecular weight excluding hydrogens is 252 g/mol. The van der Waals surface area contributed by atoms with Gasteiger partial charge in [-0.05, 0) is 19.1 Å². The molecule has 1 heterocycles. The molecule has 2 aromatic rings. The monoisotopic (exact) mass is 268 g/mol. The zero-order chi connectivity index (χ0) is 13.8. The summed E-state index contributed by atoms with van der Waals surface area (Å²) < 4.78 is 35.2. The molecule has 0 aliphatic carbocycles. The Labute approximate surface area is 107 Å². The largest absolute Gasteiger partial charge is 0.744 e. The molecule has 6 heteroatoms. The number of aromatic nitrogens is 2. The van der Waals surface area contributed by atoms with Crippen LogP contribution < -0.4 is 4.57 Å². The maximum Gasteiger partial charge on any atom is 0.243 e. The number of nitrogens with zero attached hydrogens (tertiary/aromatic N) is 2. The maximum absolute atomic E-state index is 10.4. The minimum Gasteiger partial charge on any atom is -0.744 e. The molecule has 0 saturated heterocycles. The highest BCUT2D eigenvalue weighted by molar-refractivity contribution is 7.85. The van der Waals surface area contributed by atoms with Crippen molar-refractivity contribution < 1.29 is 17.5 Å². The van der Waals surface area contributed by atoms with E-state index in [0.717, 1.165) is 5.56 Å². The summed E-state index contributed by atoms with van der Waals surface area (Å²) in [5.41, 5.74) is 0.928. The van der Waals surface area contributed by atoms with Crippen molar-refractivity contribution in [3.05, 3.63) is 48.5 Å². The second kappa shape index (κ2) is 5.79. The van der Waals surface area contributed by atoms with E-state index in [2.05, 4.69) is 0 Å². The molecule has 0 spiro atoms. The lowest BCUT2D eigenvalue weighted by Gasteiger charge is -2.05. The van der Waals surface area contributed by atoms with Crippen LogP contribution in [0.1, 0.15) is 5.56 Å². The van der Waals surface area contributed by atoms with Crippen LogP contribution in [-0.4, -0.2) is 17.5 Å². The van der Waals surface area contributed by atoms with E-state index < -0.39 is 10.1 Å². The summed E-state index contributed by atoms with van der Waals surface area (Å²) in [4.78, 5) is -0.178. The smallest absolute Gasteiger partial charge is 0.243 e. The first-order chi connectivity index (χ1) is 8.29. The van der Waals surface area contributed by atoms with Crippen LogP contribution in [0.3, 0.4) is 0 Å². The number of aryl methyl sites for hydroxylation is 3. The van der Waals surface area contributed by atoms with E-state index in [0.29, 0.717) is 0 Å². The Morgan fingerprint density at radius 3 is 2.06 bits per heavy atom. The Kier molecular flexibility index (Phi) is 4.63. The molecule has 98 valence electrons. The van der Waals surface area contributed by atoms with Crippen LogP contribution in [0.15, 0.2) is 47.9 Å². The standard InChI is InChI=1S/C7H8O3S.C5H9N2/c1-6-2-4-7(5-3-6)11(8,9)10;1-6-3-4-7(2)5-6/h2-5H,1H3,(H,8,9,10);3-5H,1-2H3/q;+1/p-1. The average molecular weight is 268 g/mol. The van der Waals surface area contributed by atoms with E-state index in [1.165, 1.54) is 12.1 Å². The van der Waals surface area contributed by atoms with Gasteiger partial charge in [-0.2, -0.15) is 0 Å². The first-order valence-electron chi connectivity index (χ1n) is 5.29. The molecule has 0 unspecified atom stereocenters. The molecule has 2 rings (SSSR count). The summed E-state index contributed by atoms with van der Waals surface area (Å²) in [6.07, 6.45) is 6.00. The minimum atomic E-state index is -4.27. The number of rotatable bonds is 1. The van der Waals surface area contributed by atoms with E-state index >= 15 is 0 Å². The SMILES string of the molecule is Cc1ccc(S(=O)(=O)[O-])cc1.Cn1cc[n+](C)c1. The minimum absolute atomic E-state index is 0.178. The van der Waals surface area contributed by atoms with Crippen molar-refractivity contribution >= 4 is 10.1 Å². The van der Waals surface area contributed by atoms with Crippen LogP contribution in [0.25, 0.3) is 0 Å². The number of hydrogen-bond donors (Lipinski definition) is 0. The Morgan fingerprint density at radius 1 is 1.22 bits per heavy atom. The van der Waals surface area contributed by atoms with Gasteiger partial charge < -0.3 is 4.55 Å². The highest BCUT2D eigenvalue weighted by Crippen LogP contribution is 2.08. The molecule has 0 radical (unpaired) electrons. The highest BCUT2D eigenvalue weighted by atomic mass is 32.2. The highest BCUT2D eigenvalue weighted by Gasteiger charge is 1.97. The average Bonchev–Trinajstić information content (AvgIpc) is 2.62. The first-order valence-corrected chi connectivity index (χ1v) is 6.69. The van der Waals surface area contributed by atoms with Crippen LogP contribution in [0.4, 0.5) is 0 Å². The predicted octanol–water partition coefficient (Wildman–Crippen LogP) is 0.749. The molecule has 1 aromatic carbocycles. The van der Waals surface area contributed by atoms with Gasteiger partial charge in [-0.25, -0.2) is 17.6 Å². The second-order valence-corrected chi connectivity index (χ2v) is 5.39. The molecule has 0 fully saturated rings. The number of benzene rings is 1. The molecule has 5 nitrogen and oxygen atoms in total. The zero-order valence-corrected chi connectivity index (χ0v) is 11.4. The summed E-state index contributed by atoms with van der Waals surface area (Å²) in [6.45, 7) is 1.82. The molecule has 0 bridgehead atoms. The van der Waals surface area contributed by atoms with Gasteiger partial charge in [0.05, 0.1) is 19.0 Å². The van der Waals surface area contributed by atoms with Gasteiger partial charge in [0.1, 0.15) is 22.5 Å². The van der Waals surface area contributed by atoms with Crippen molar-refractivity contribution in [2.75, 3.05) is 0 Å². The van der Waals surface area contributed by atoms with Gasteiger partial charge >= 0.3 is 0 Å². The van der Waals surface area contributed by atoms with Gasteiger partial charge in [-0.1, -0.05) is 17.7 Å². The van der Waals surface area contributed by atoms with Gasteiger partial charge in [0.25, 0.3) is 0 Å². The molecule has 0 amide bonds. The van der Waals surface area contributed by atoms with E-state index in [9.17, 15) is 13.0 Å². The topological polar surface area (TPSA) is 66.0 Å². The van der Waals surface area contributed by atoms with Crippen molar-refractivity contribution in [3.63, 3.8) is 0 Å². The Hall–Kier alpha value is -1.66. The van der Waals surface area contributed by atoms with Gasteiger partial charge in [-0.3, -0.25) is 0 Å². The third-order valence-corrected chi connectivity index (χ3v) is 3.06.